The molecule has 0 radical (unpaired) electrons. The molecule has 2 aromatic rings. The maximum absolute atomic E-state index is 11.7. The van der Waals surface area contributed by atoms with Gasteiger partial charge < -0.3 is 10.1 Å². The number of carboxylic acid groups (broad SMARTS) is 1. The predicted octanol–water partition coefficient (Wildman–Crippen LogP) is 0.382. The molecule has 0 aliphatic carbocycles. The zero-order valence-corrected chi connectivity index (χ0v) is 9.68. The van der Waals surface area contributed by atoms with Crippen molar-refractivity contribution >= 4 is 17.0 Å². The number of nitrogens with one attached hydrogen (secondary N) is 1. The van der Waals surface area contributed by atoms with Crippen molar-refractivity contribution in [1.82, 2.24) is 19.7 Å². The van der Waals surface area contributed by atoms with Crippen LogP contribution in [-0.4, -0.2) is 30.8 Å². The van der Waals surface area contributed by atoms with Crippen LogP contribution in [0.25, 0.3) is 11.0 Å². The second-order valence-corrected chi connectivity index (χ2v) is 3.89. The lowest BCUT2D eigenvalue weighted by molar-refractivity contribution is -0.140. The van der Waals surface area contributed by atoms with Gasteiger partial charge in [-0.3, -0.25) is 4.79 Å². The maximum atomic E-state index is 11.7. The van der Waals surface area contributed by atoms with Gasteiger partial charge in [0.05, 0.1) is 5.69 Å². The zero-order valence-electron chi connectivity index (χ0n) is 9.68. The number of aromatic nitrogens is 4. The Hall–Kier alpha value is -2.18. The topological polar surface area (TPSA) is 101 Å². The molecule has 2 heterocycles. The van der Waals surface area contributed by atoms with E-state index in [0.29, 0.717) is 22.6 Å². The molecule has 17 heavy (non-hydrogen) atoms. The molecule has 7 heteroatoms. The Labute approximate surface area is 96.1 Å². The number of nitrogens with zero attached hydrogens (tertiary/aromatic N) is 3. The summed E-state index contributed by atoms with van der Waals surface area (Å²) in [5.41, 5.74) is 0.481. The van der Waals surface area contributed by atoms with Gasteiger partial charge in [0, 0.05) is 0 Å². The zero-order chi connectivity index (χ0) is 12.7. The summed E-state index contributed by atoms with van der Waals surface area (Å²) in [6.07, 6.45) is 0. The standard InChI is InChI=1S/C10H12N4O3/c1-4-7-8(11-6(3)12-9(7)15)14(13-4)5(2)10(16)17/h5H,1-3H3,(H,16,17)(H,11,12,15). The largest absolute Gasteiger partial charge is 0.480 e. The minimum Gasteiger partial charge on any atom is -0.480 e. The number of carboxylic acids is 1. The van der Waals surface area contributed by atoms with Gasteiger partial charge >= 0.3 is 5.97 Å². The van der Waals surface area contributed by atoms with E-state index < -0.39 is 12.0 Å². The second-order valence-electron chi connectivity index (χ2n) is 3.89. The van der Waals surface area contributed by atoms with Gasteiger partial charge in [0.25, 0.3) is 5.56 Å². The quantitative estimate of drug-likeness (QED) is 0.785. The molecule has 1 unspecified atom stereocenters. The van der Waals surface area contributed by atoms with Crippen molar-refractivity contribution < 1.29 is 9.90 Å². The first kappa shape index (κ1) is 11.3. The first-order valence-electron chi connectivity index (χ1n) is 5.10. The van der Waals surface area contributed by atoms with E-state index in [1.165, 1.54) is 11.6 Å². The Morgan fingerprint density at radius 3 is 2.71 bits per heavy atom. The molecule has 0 saturated carbocycles. The first-order chi connectivity index (χ1) is 7.91. The van der Waals surface area contributed by atoms with Gasteiger partial charge in [-0.1, -0.05) is 0 Å². The summed E-state index contributed by atoms with van der Waals surface area (Å²) < 4.78 is 1.26. The van der Waals surface area contributed by atoms with Crippen molar-refractivity contribution in [2.45, 2.75) is 26.8 Å². The van der Waals surface area contributed by atoms with Crippen molar-refractivity contribution in [3.8, 4) is 0 Å². The monoisotopic (exact) mass is 236 g/mol. The van der Waals surface area contributed by atoms with E-state index in [4.69, 9.17) is 5.11 Å². The molecule has 0 bridgehead atoms. The fourth-order valence-electron chi connectivity index (χ4n) is 1.70. The number of hydrogen-bond acceptors (Lipinski definition) is 4. The van der Waals surface area contributed by atoms with Crippen LogP contribution >= 0.6 is 0 Å². The Balaban J connectivity index is 2.83. The molecule has 0 fully saturated rings. The Morgan fingerprint density at radius 2 is 2.12 bits per heavy atom. The molecule has 0 aliphatic heterocycles. The van der Waals surface area contributed by atoms with E-state index >= 15 is 0 Å². The molecule has 0 aliphatic rings. The summed E-state index contributed by atoms with van der Waals surface area (Å²) in [4.78, 5) is 29.4. The molecule has 2 N–H and O–H groups in total. The van der Waals surface area contributed by atoms with Crippen molar-refractivity contribution in [3.05, 3.63) is 21.9 Å². The Morgan fingerprint density at radius 1 is 1.47 bits per heavy atom. The van der Waals surface area contributed by atoms with Crippen molar-refractivity contribution in [2.75, 3.05) is 0 Å². The molecular weight excluding hydrogens is 224 g/mol. The number of aromatic amines is 1. The Bertz CT molecular complexity index is 655. The lowest BCUT2D eigenvalue weighted by Crippen LogP contribution is -2.18. The molecule has 2 rings (SSSR count). The number of hydrogen-bond donors (Lipinski definition) is 2. The summed E-state index contributed by atoms with van der Waals surface area (Å²) in [6, 6.07) is -0.861. The van der Waals surface area contributed by atoms with Gasteiger partial charge in [-0.15, -0.1) is 0 Å². The van der Waals surface area contributed by atoms with E-state index in [-0.39, 0.29) is 5.56 Å². The van der Waals surface area contributed by atoms with E-state index in [0.717, 1.165) is 0 Å². The highest BCUT2D eigenvalue weighted by Gasteiger charge is 2.21. The summed E-state index contributed by atoms with van der Waals surface area (Å²) in [5, 5.41) is 13.4. The molecule has 0 amide bonds. The molecular formula is C10H12N4O3. The van der Waals surface area contributed by atoms with Crippen molar-refractivity contribution in [3.63, 3.8) is 0 Å². The van der Waals surface area contributed by atoms with Crippen LogP contribution in [0.3, 0.4) is 0 Å². The fraction of sp³-hybridized carbons (Fsp3) is 0.400. The van der Waals surface area contributed by atoms with E-state index in [1.807, 2.05) is 0 Å². The SMILES string of the molecule is Cc1nc2c(c(C)nn2C(C)C(=O)O)c(=O)[nH]1. The number of carbonyl (C=O) groups is 1. The van der Waals surface area contributed by atoms with Crippen LogP contribution in [0.4, 0.5) is 0 Å². The summed E-state index contributed by atoms with van der Waals surface area (Å²) in [5.74, 6) is -0.588. The molecule has 0 aromatic carbocycles. The number of aliphatic carboxylic acids is 1. The van der Waals surface area contributed by atoms with Crippen LogP contribution in [0.2, 0.25) is 0 Å². The van der Waals surface area contributed by atoms with Gasteiger partial charge in [-0.25, -0.2) is 14.5 Å². The highest BCUT2D eigenvalue weighted by molar-refractivity contribution is 5.80. The van der Waals surface area contributed by atoms with Crippen LogP contribution in [0.1, 0.15) is 24.5 Å². The van der Waals surface area contributed by atoms with E-state index in [2.05, 4.69) is 15.1 Å². The summed E-state index contributed by atoms with van der Waals surface area (Å²) >= 11 is 0. The van der Waals surface area contributed by atoms with Gasteiger partial charge in [0.1, 0.15) is 17.3 Å². The maximum Gasteiger partial charge on any atom is 0.328 e. The smallest absolute Gasteiger partial charge is 0.328 e. The number of fused-ring (bicyclic) bond motifs is 1. The number of H-pyrrole nitrogens is 1. The van der Waals surface area contributed by atoms with Gasteiger partial charge in [0.15, 0.2) is 5.65 Å². The second kappa shape index (κ2) is 3.69. The molecule has 2 aromatic heterocycles. The highest BCUT2D eigenvalue weighted by atomic mass is 16.4. The van der Waals surface area contributed by atoms with Gasteiger partial charge in [0.2, 0.25) is 0 Å². The molecule has 0 spiro atoms. The van der Waals surface area contributed by atoms with Crippen molar-refractivity contribution in [2.24, 2.45) is 0 Å². The third-order valence-electron chi connectivity index (χ3n) is 2.58. The lowest BCUT2D eigenvalue weighted by Gasteiger charge is -2.07. The highest BCUT2D eigenvalue weighted by Crippen LogP contribution is 2.16. The average Bonchev–Trinajstić information content (AvgIpc) is 2.54. The van der Waals surface area contributed by atoms with Crippen LogP contribution in [0.5, 0.6) is 0 Å². The van der Waals surface area contributed by atoms with Crippen LogP contribution < -0.4 is 5.56 Å². The van der Waals surface area contributed by atoms with Crippen LogP contribution in [-0.2, 0) is 4.79 Å². The third-order valence-corrected chi connectivity index (χ3v) is 2.58. The number of rotatable bonds is 2. The summed E-state index contributed by atoms with van der Waals surface area (Å²) in [6.45, 7) is 4.78. The summed E-state index contributed by atoms with van der Waals surface area (Å²) in [7, 11) is 0. The molecule has 0 saturated heterocycles. The van der Waals surface area contributed by atoms with Crippen molar-refractivity contribution in [1.29, 1.82) is 0 Å². The van der Waals surface area contributed by atoms with E-state index in [1.54, 1.807) is 13.8 Å². The Kier molecular flexibility index (Phi) is 2.45. The average molecular weight is 236 g/mol. The first-order valence-corrected chi connectivity index (χ1v) is 5.10. The van der Waals surface area contributed by atoms with Crippen LogP contribution in [0, 0.1) is 13.8 Å². The lowest BCUT2D eigenvalue weighted by atomic mass is 10.3. The minimum atomic E-state index is -1.02. The minimum absolute atomic E-state index is 0.297. The predicted molar refractivity (Wildman–Crippen MR) is 60.0 cm³/mol. The molecule has 7 nitrogen and oxygen atoms in total. The van der Waals surface area contributed by atoms with Crippen LogP contribution in [0.15, 0.2) is 4.79 Å². The molecule has 1 atom stereocenters. The van der Waals surface area contributed by atoms with Gasteiger partial charge in [-0.05, 0) is 20.8 Å². The molecule has 90 valence electrons. The van der Waals surface area contributed by atoms with E-state index in [9.17, 15) is 9.59 Å². The normalized spacial score (nSPS) is 12.9. The number of aryl methyl sites for hydroxylation is 2. The third kappa shape index (κ3) is 1.69. The van der Waals surface area contributed by atoms with Gasteiger partial charge in [-0.2, -0.15) is 5.10 Å². The fourth-order valence-corrected chi connectivity index (χ4v) is 1.70.